The first kappa shape index (κ1) is 9.68. The van der Waals surface area contributed by atoms with Crippen LogP contribution in [-0.4, -0.2) is 20.4 Å². The number of aliphatic hydroxyl groups excluding tert-OH is 1. The van der Waals surface area contributed by atoms with Crippen molar-refractivity contribution in [2.75, 3.05) is 0 Å². The number of hydrogen-bond donors (Lipinski definition) is 3. The molecule has 2 rings (SSSR count). The van der Waals surface area contributed by atoms with Crippen LogP contribution in [0.3, 0.4) is 0 Å². The SMILES string of the molecule is CC1(C)CCc2[nH]nc(C(O)O)c2C1. The highest BCUT2D eigenvalue weighted by Gasteiger charge is 2.30. The van der Waals surface area contributed by atoms with Crippen molar-refractivity contribution in [2.45, 2.75) is 39.4 Å². The van der Waals surface area contributed by atoms with Gasteiger partial charge >= 0.3 is 0 Å². The van der Waals surface area contributed by atoms with Crippen LogP contribution in [0, 0.1) is 5.41 Å². The minimum absolute atomic E-state index is 0.237. The summed E-state index contributed by atoms with van der Waals surface area (Å²) in [5.41, 5.74) is 2.69. The summed E-state index contributed by atoms with van der Waals surface area (Å²) < 4.78 is 0. The van der Waals surface area contributed by atoms with E-state index in [-0.39, 0.29) is 5.41 Å². The molecule has 1 aliphatic carbocycles. The molecule has 0 unspecified atom stereocenters. The highest BCUT2D eigenvalue weighted by atomic mass is 16.5. The molecule has 1 aromatic rings. The van der Waals surface area contributed by atoms with Crippen LogP contribution in [0.25, 0.3) is 0 Å². The Morgan fingerprint density at radius 2 is 2.14 bits per heavy atom. The van der Waals surface area contributed by atoms with Crippen molar-refractivity contribution < 1.29 is 10.2 Å². The van der Waals surface area contributed by atoms with Gasteiger partial charge in [-0.05, 0) is 24.7 Å². The monoisotopic (exact) mass is 196 g/mol. The molecule has 14 heavy (non-hydrogen) atoms. The fourth-order valence-electron chi connectivity index (χ4n) is 2.07. The predicted molar refractivity (Wildman–Crippen MR) is 51.6 cm³/mol. The fourth-order valence-corrected chi connectivity index (χ4v) is 2.07. The molecule has 0 spiro atoms. The second-order valence-corrected chi connectivity index (χ2v) is 4.78. The van der Waals surface area contributed by atoms with Crippen molar-refractivity contribution in [3.63, 3.8) is 0 Å². The van der Waals surface area contributed by atoms with Gasteiger partial charge in [-0.15, -0.1) is 0 Å². The summed E-state index contributed by atoms with van der Waals surface area (Å²) in [5.74, 6) is 0. The number of aromatic nitrogens is 2. The van der Waals surface area contributed by atoms with Crippen LogP contribution >= 0.6 is 0 Å². The summed E-state index contributed by atoms with van der Waals surface area (Å²) in [5, 5.41) is 25.0. The Morgan fingerprint density at radius 3 is 2.79 bits per heavy atom. The topological polar surface area (TPSA) is 69.1 Å². The second-order valence-electron chi connectivity index (χ2n) is 4.78. The van der Waals surface area contributed by atoms with Crippen LogP contribution in [0.1, 0.15) is 43.5 Å². The van der Waals surface area contributed by atoms with Crippen LogP contribution in [0.15, 0.2) is 0 Å². The van der Waals surface area contributed by atoms with Gasteiger partial charge in [-0.1, -0.05) is 13.8 Å². The van der Waals surface area contributed by atoms with Gasteiger partial charge in [0, 0.05) is 11.3 Å². The Kier molecular flexibility index (Phi) is 2.12. The molecule has 0 atom stereocenters. The van der Waals surface area contributed by atoms with Crippen molar-refractivity contribution in [2.24, 2.45) is 5.41 Å². The van der Waals surface area contributed by atoms with Gasteiger partial charge in [0.2, 0.25) is 0 Å². The van der Waals surface area contributed by atoms with Gasteiger partial charge in [0.05, 0.1) is 0 Å². The number of aryl methyl sites for hydroxylation is 1. The number of aliphatic hydroxyl groups is 2. The van der Waals surface area contributed by atoms with Crippen molar-refractivity contribution in [1.82, 2.24) is 10.2 Å². The number of nitrogens with one attached hydrogen (secondary N) is 1. The molecule has 0 saturated carbocycles. The maximum Gasteiger partial charge on any atom is 0.198 e. The zero-order chi connectivity index (χ0) is 10.3. The summed E-state index contributed by atoms with van der Waals surface area (Å²) >= 11 is 0. The third kappa shape index (κ3) is 1.55. The van der Waals surface area contributed by atoms with Gasteiger partial charge < -0.3 is 10.2 Å². The Hall–Kier alpha value is -0.870. The molecule has 4 heteroatoms. The molecule has 0 saturated heterocycles. The van der Waals surface area contributed by atoms with Gasteiger partial charge in [0.1, 0.15) is 5.69 Å². The van der Waals surface area contributed by atoms with E-state index in [1.807, 2.05) is 0 Å². The molecule has 78 valence electrons. The zero-order valence-corrected chi connectivity index (χ0v) is 8.54. The smallest absolute Gasteiger partial charge is 0.198 e. The molecular weight excluding hydrogens is 180 g/mol. The van der Waals surface area contributed by atoms with Crippen molar-refractivity contribution in [3.8, 4) is 0 Å². The molecular formula is C10H16N2O2. The fraction of sp³-hybridized carbons (Fsp3) is 0.700. The van der Waals surface area contributed by atoms with Crippen molar-refractivity contribution in [3.05, 3.63) is 17.0 Å². The number of hydrogen-bond acceptors (Lipinski definition) is 3. The maximum absolute atomic E-state index is 9.11. The normalized spacial score (nSPS) is 19.8. The molecule has 0 bridgehead atoms. The molecule has 0 aliphatic heterocycles. The van der Waals surface area contributed by atoms with Crippen LogP contribution in [0.5, 0.6) is 0 Å². The highest BCUT2D eigenvalue weighted by Crippen LogP contribution is 2.36. The van der Waals surface area contributed by atoms with Gasteiger partial charge in [0.25, 0.3) is 0 Å². The number of fused-ring (bicyclic) bond motifs is 1. The average Bonchev–Trinajstić information content (AvgIpc) is 2.44. The minimum Gasteiger partial charge on any atom is -0.363 e. The zero-order valence-electron chi connectivity index (χ0n) is 8.54. The summed E-state index contributed by atoms with van der Waals surface area (Å²) in [6, 6.07) is 0. The summed E-state index contributed by atoms with van der Waals surface area (Å²) in [6.45, 7) is 4.38. The first-order valence-electron chi connectivity index (χ1n) is 4.92. The Labute approximate surface area is 83.0 Å². The molecule has 1 aromatic heterocycles. The lowest BCUT2D eigenvalue weighted by atomic mass is 9.76. The van der Waals surface area contributed by atoms with Crippen LogP contribution in [0.2, 0.25) is 0 Å². The van der Waals surface area contributed by atoms with Crippen molar-refractivity contribution >= 4 is 0 Å². The molecule has 4 nitrogen and oxygen atoms in total. The average molecular weight is 196 g/mol. The Morgan fingerprint density at radius 1 is 1.43 bits per heavy atom. The maximum atomic E-state index is 9.11. The lowest BCUT2D eigenvalue weighted by Gasteiger charge is -2.29. The third-order valence-corrected chi connectivity index (χ3v) is 2.94. The van der Waals surface area contributed by atoms with E-state index in [9.17, 15) is 0 Å². The lowest BCUT2D eigenvalue weighted by Crippen LogP contribution is -2.22. The summed E-state index contributed by atoms with van der Waals surface area (Å²) in [4.78, 5) is 0. The molecule has 0 aromatic carbocycles. The van der Waals surface area contributed by atoms with Gasteiger partial charge in [-0.25, -0.2) is 0 Å². The van der Waals surface area contributed by atoms with Crippen LogP contribution < -0.4 is 0 Å². The summed E-state index contributed by atoms with van der Waals surface area (Å²) in [7, 11) is 0. The molecule has 0 fully saturated rings. The van der Waals surface area contributed by atoms with E-state index in [0.29, 0.717) is 5.69 Å². The van der Waals surface area contributed by atoms with Gasteiger partial charge in [-0.2, -0.15) is 5.10 Å². The third-order valence-electron chi connectivity index (χ3n) is 2.94. The first-order valence-corrected chi connectivity index (χ1v) is 4.92. The van der Waals surface area contributed by atoms with E-state index in [1.54, 1.807) is 0 Å². The summed E-state index contributed by atoms with van der Waals surface area (Å²) in [6.07, 6.45) is 1.47. The number of aromatic amines is 1. The molecule has 0 amide bonds. The molecule has 3 N–H and O–H groups in total. The standard InChI is InChI=1S/C10H16N2O2/c1-10(2)4-3-7-6(5-10)8(9(13)14)12-11-7/h9,13-14H,3-5H2,1-2H3,(H,11,12). The van der Waals surface area contributed by atoms with E-state index in [2.05, 4.69) is 24.0 Å². The van der Waals surface area contributed by atoms with E-state index in [0.717, 1.165) is 30.5 Å². The van der Waals surface area contributed by atoms with Crippen LogP contribution in [-0.2, 0) is 12.8 Å². The number of H-pyrrole nitrogens is 1. The number of nitrogens with zero attached hydrogens (tertiary/aromatic N) is 1. The molecule has 1 aliphatic rings. The highest BCUT2D eigenvalue weighted by molar-refractivity contribution is 5.29. The van der Waals surface area contributed by atoms with Crippen LogP contribution in [0.4, 0.5) is 0 Å². The molecule has 0 radical (unpaired) electrons. The minimum atomic E-state index is -1.45. The second kappa shape index (κ2) is 3.07. The van der Waals surface area contributed by atoms with E-state index < -0.39 is 6.29 Å². The Bertz CT molecular complexity index is 342. The van der Waals surface area contributed by atoms with Crippen molar-refractivity contribution in [1.29, 1.82) is 0 Å². The van der Waals surface area contributed by atoms with E-state index in [4.69, 9.17) is 10.2 Å². The first-order chi connectivity index (χ1) is 6.49. The van der Waals surface area contributed by atoms with E-state index in [1.165, 1.54) is 0 Å². The predicted octanol–water partition coefficient (Wildman–Crippen LogP) is 0.908. The Balaban J connectivity index is 2.38. The van der Waals surface area contributed by atoms with Gasteiger partial charge in [0.15, 0.2) is 6.29 Å². The van der Waals surface area contributed by atoms with E-state index >= 15 is 0 Å². The molecule has 1 heterocycles. The van der Waals surface area contributed by atoms with Gasteiger partial charge in [-0.3, -0.25) is 5.10 Å². The number of rotatable bonds is 1. The quantitative estimate of drug-likeness (QED) is 0.585. The largest absolute Gasteiger partial charge is 0.363 e. The lowest BCUT2D eigenvalue weighted by molar-refractivity contribution is -0.0467.